The highest BCUT2D eigenvalue weighted by Crippen LogP contribution is 2.32. The van der Waals surface area contributed by atoms with Crippen molar-refractivity contribution in [3.05, 3.63) is 117 Å². The number of Topliss-reactive ketones (excluding diaryl/α,β-unsaturated/α-hetero) is 2. The number of allylic oxidation sites excluding steroid dienone is 2. The van der Waals surface area contributed by atoms with Crippen LogP contribution in [0.2, 0.25) is 0 Å². The molecule has 4 aromatic rings. The zero-order valence-electron chi connectivity index (χ0n) is 24.9. The summed E-state index contributed by atoms with van der Waals surface area (Å²) in [5, 5.41) is 10.8. The summed E-state index contributed by atoms with van der Waals surface area (Å²) in [6.07, 6.45) is 2.06. The Bertz CT molecular complexity index is 2270. The van der Waals surface area contributed by atoms with Crippen LogP contribution in [0, 0.1) is 0 Å². The fraction of sp³-hybridized carbons (Fsp3) is 0. The first kappa shape index (κ1) is 32.8. The molecule has 0 radical (unpaired) electrons. The number of benzene rings is 4. The molecule has 4 aromatic carbocycles. The first-order valence-corrected chi connectivity index (χ1v) is 16.9. The largest absolute Gasteiger partial charge is 0.744 e. The minimum Gasteiger partial charge on any atom is -0.744 e. The van der Waals surface area contributed by atoms with E-state index in [1.54, 1.807) is 36.4 Å². The molecule has 17 heteroatoms. The SMILES string of the molecule is Nc1cccc(NN=C2C(=O)c3ccc(Nc4ccc5c(c4)C=C(S(=O)(=O)[O-])C(=NNc4cccc(N)c4)C5=O)cc3C=C2S(=O)(=O)[O-])c1. The predicted octanol–water partition coefficient (Wildman–Crippen LogP) is 3.70. The third kappa shape index (κ3) is 6.94. The van der Waals surface area contributed by atoms with Gasteiger partial charge in [-0.25, -0.2) is 16.8 Å². The van der Waals surface area contributed by atoms with Crippen molar-refractivity contribution >= 4 is 89.5 Å². The number of hydrazone groups is 2. The number of nitrogens with zero attached hydrogens (tertiary/aromatic N) is 2. The van der Waals surface area contributed by atoms with Crippen molar-refractivity contribution in [1.82, 2.24) is 0 Å². The molecule has 0 atom stereocenters. The fourth-order valence-electron chi connectivity index (χ4n) is 5.05. The summed E-state index contributed by atoms with van der Waals surface area (Å²) in [4.78, 5) is 24.9. The topological polar surface area (TPSA) is 261 Å². The molecule has 248 valence electrons. The molecule has 2 aliphatic rings. The summed E-state index contributed by atoms with van der Waals surface area (Å²) in [5.41, 5.74) is 17.9. The van der Waals surface area contributed by atoms with E-state index >= 15 is 0 Å². The average molecular weight is 698 g/mol. The number of anilines is 6. The van der Waals surface area contributed by atoms with E-state index in [1.165, 1.54) is 48.5 Å². The van der Waals surface area contributed by atoms with Crippen LogP contribution in [0.3, 0.4) is 0 Å². The lowest BCUT2D eigenvalue weighted by molar-refractivity contribution is 0.105. The van der Waals surface area contributed by atoms with Crippen molar-refractivity contribution in [3.63, 3.8) is 0 Å². The minimum atomic E-state index is -5.15. The number of hydrogen-bond acceptors (Lipinski definition) is 15. The lowest BCUT2D eigenvalue weighted by atomic mass is 9.93. The van der Waals surface area contributed by atoms with Crippen LogP contribution >= 0.6 is 0 Å². The van der Waals surface area contributed by atoms with Gasteiger partial charge in [0.05, 0.1) is 21.2 Å². The summed E-state index contributed by atoms with van der Waals surface area (Å²) >= 11 is 0. The number of ketones is 2. The molecule has 49 heavy (non-hydrogen) atoms. The number of rotatable bonds is 8. The molecule has 0 bridgehead atoms. The quantitative estimate of drug-likeness (QED) is 0.100. The van der Waals surface area contributed by atoms with E-state index in [2.05, 4.69) is 26.4 Å². The third-order valence-electron chi connectivity index (χ3n) is 7.26. The van der Waals surface area contributed by atoms with Gasteiger partial charge in [0.15, 0.2) is 0 Å². The number of nitrogen functional groups attached to an aromatic ring is 2. The summed E-state index contributed by atoms with van der Waals surface area (Å²) in [6, 6.07) is 21.3. The standard InChI is InChI=1S/C32H25N7O8S2/c33-19-3-1-5-23(15-19)36-38-29-27(48(42,43)44)13-17-11-21(7-9-25(17)31(29)40)35-22-8-10-26-18(12-22)14-28(49(45,46)47)30(32(26)41)39-37-24-6-2-4-20(34)16-24/h1-16,35-37H,33-34H2,(H,42,43,44)(H,45,46,47)/p-2. The Morgan fingerprint density at radius 1 is 0.551 bits per heavy atom. The third-order valence-corrected chi connectivity index (χ3v) is 8.96. The molecule has 0 fully saturated rings. The second-order valence-electron chi connectivity index (χ2n) is 10.7. The molecule has 15 nitrogen and oxygen atoms in total. The van der Waals surface area contributed by atoms with Gasteiger partial charge in [-0.05, 0) is 96.1 Å². The molecule has 0 heterocycles. The first-order chi connectivity index (χ1) is 23.2. The molecular weight excluding hydrogens is 675 g/mol. The monoisotopic (exact) mass is 697 g/mol. The Morgan fingerprint density at radius 2 is 0.959 bits per heavy atom. The van der Waals surface area contributed by atoms with Crippen molar-refractivity contribution in [2.24, 2.45) is 10.2 Å². The smallest absolute Gasteiger partial charge is 0.215 e. The van der Waals surface area contributed by atoms with Gasteiger partial charge in [-0.1, -0.05) is 12.1 Å². The summed E-state index contributed by atoms with van der Waals surface area (Å²) in [7, 11) is -10.3. The zero-order chi connectivity index (χ0) is 35.1. The fourth-order valence-corrected chi connectivity index (χ4v) is 6.34. The highest BCUT2D eigenvalue weighted by atomic mass is 32.2. The van der Waals surface area contributed by atoms with Gasteiger partial charge in [0.1, 0.15) is 31.7 Å². The molecule has 6 rings (SSSR count). The molecule has 2 aliphatic carbocycles. The van der Waals surface area contributed by atoms with E-state index in [1.807, 2.05) is 0 Å². The van der Waals surface area contributed by atoms with Crippen LogP contribution in [-0.4, -0.2) is 48.9 Å². The average Bonchev–Trinajstić information content (AvgIpc) is 3.03. The maximum atomic E-state index is 13.3. The molecule has 0 saturated carbocycles. The number of nitrogens with two attached hydrogens (primary N) is 2. The van der Waals surface area contributed by atoms with Gasteiger partial charge in [-0.15, -0.1) is 0 Å². The molecule has 7 N–H and O–H groups in total. The maximum absolute atomic E-state index is 13.3. The Hall–Kier alpha value is -6.14. The molecule has 0 aliphatic heterocycles. The van der Waals surface area contributed by atoms with E-state index in [0.29, 0.717) is 34.1 Å². The molecule has 0 amide bonds. The van der Waals surface area contributed by atoms with Gasteiger partial charge in [0, 0.05) is 33.9 Å². The van der Waals surface area contributed by atoms with Gasteiger partial charge >= 0.3 is 0 Å². The van der Waals surface area contributed by atoms with Crippen molar-refractivity contribution in [3.8, 4) is 0 Å². The van der Waals surface area contributed by atoms with Crippen LogP contribution in [0.1, 0.15) is 31.8 Å². The lowest BCUT2D eigenvalue weighted by Crippen LogP contribution is -2.27. The van der Waals surface area contributed by atoms with Gasteiger partial charge < -0.3 is 25.9 Å². The Morgan fingerprint density at radius 3 is 1.33 bits per heavy atom. The zero-order valence-corrected chi connectivity index (χ0v) is 26.5. The Labute approximate surface area is 279 Å². The molecular formula is C32H23N7O8S2-2. The Balaban J connectivity index is 1.31. The van der Waals surface area contributed by atoms with Gasteiger partial charge in [0.25, 0.3) is 0 Å². The normalized spacial score (nSPS) is 16.0. The van der Waals surface area contributed by atoms with Crippen LogP contribution in [-0.2, 0) is 20.2 Å². The second-order valence-corrected chi connectivity index (χ2v) is 13.4. The van der Waals surface area contributed by atoms with Crippen molar-refractivity contribution < 1.29 is 35.5 Å². The van der Waals surface area contributed by atoms with E-state index in [0.717, 1.165) is 12.2 Å². The number of hydrogen-bond donors (Lipinski definition) is 5. The molecule has 0 spiro atoms. The molecule has 0 unspecified atom stereocenters. The van der Waals surface area contributed by atoms with Crippen LogP contribution in [0.15, 0.2) is 105 Å². The van der Waals surface area contributed by atoms with Gasteiger partial charge in [-0.2, -0.15) is 10.2 Å². The van der Waals surface area contributed by atoms with E-state index in [-0.39, 0.29) is 22.3 Å². The van der Waals surface area contributed by atoms with E-state index in [4.69, 9.17) is 11.5 Å². The summed E-state index contributed by atoms with van der Waals surface area (Å²) in [5.74, 6) is -1.64. The summed E-state index contributed by atoms with van der Waals surface area (Å²) < 4.78 is 73.0. The van der Waals surface area contributed by atoms with Crippen molar-refractivity contribution in [1.29, 1.82) is 0 Å². The van der Waals surface area contributed by atoms with Gasteiger partial charge in [-0.3, -0.25) is 20.4 Å². The van der Waals surface area contributed by atoms with Crippen molar-refractivity contribution in [2.45, 2.75) is 0 Å². The van der Waals surface area contributed by atoms with Gasteiger partial charge in [0.2, 0.25) is 11.6 Å². The van der Waals surface area contributed by atoms with E-state index < -0.39 is 53.0 Å². The highest BCUT2D eigenvalue weighted by Gasteiger charge is 2.31. The number of fused-ring (bicyclic) bond motifs is 2. The van der Waals surface area contributed by atoms with Crippen LogP contribution in [0.5, 0.6) is 0 Å². The lowest BCUT2D eigenvalue weighted by Gasteiger charge is -2.21. The minimum absolute atomic E-state index is 0.0638. The van der Waals surface area contributed by atoms with Crippen molar-refractivity contribution in [2.75, 3.05) is 27.6 Å². The highest BCUT2D eigenvalue weighted by molar-refractivity contribution is 7.91. The van der Waals surface area contributed by atoms with Crippen LogP contribution in [0.4, 0.5) is 34.1 Å². The van der Waals surface area contributed by atoms with Crippen LogP contribution in [0.25, 0.3) is 12.2 Å². The Kier molecular flexibility index (Phi) is 8.34. The first-order valence-electron chi connectivity index (χ1n) is 14.1. The predicted molar refractivity (Wildman–Crippen MR) is 184 cm³/mol. The number of carbonyl (C=O) groups is 2. The van der Waals surface area contributed by atoms with Crippen LogP contribution < -0.4 is 27.6 Å². The number of carbonyl (C=O) groups excluding carboxylic acids is 2. The molecule has 0 saturated heterocycles. The van der Waals surface area contributed by atoms with E-state index in [9.17, 15) is 35.5 Å². The maximum Gasteiger partial charge on any atom is 0.215 e. The summed E-state index contributed by atoms with van der Waals surface area (Å²) in [6.45, 7) is 0. The second kappa shape index (κ2) is 12.5. The molecule has 0 aromatic heterocycles. The number of nitrogens with one attached hydrogen (secondary N) is 3.